The summed E-state index contributed by atoms with van der Waals surface area (Å²) in [6.07, 6.45) is 1.66. The van der Waals surface area contributed by atoms with E-state index in [0.717, 1.165) is 22.4 Å². The number of hydrogen-bond acceptors (Lipinski definition) is 6. The van der Waals surface area contributed by atoms with E-state index in [-0.39, 0.29) is 11.3 Å². The molecule has 0 aliphatic carbocycles. The Kier molecular flexibility index (Phi) is 3.06. The summed E-state index contributed by atoms with van der Waals surface area (Å²) in [5.41, 5.74) is 2.46. The Morgan fingerprint density at radius 2 is 2.15 bits per heavy atom. The van der Waals surface area contributed by atoms with Crippen molar-refractivity contribution in [2.45, 2.75) is 26.8 Å². The topological polar surface area (TPSA) is 92.5 Å². The van der Waals surface area contributed by atoms with Gasteiger partial charge in [0.25, 0.3) is 0 Å². The van der Waals surface area contributed by atoms with E-state index in [0.29, 0.717) is 11.5 Å². The maximum absolute atomic E-state index is 5.91. The number of hydrogen-bond donors (Lipinski definition) is 2. The third-order valence-corrected chi connectivity index (χ3v) is 3.33. The summed E-state index contributed by atoms with van der Waals surface area (Å²) in [7, 11) is 0. The minimum Gasteiger partial charge on any atom is -0.363 e. The molecule has 0 radical (unpaired) electrons. The number of fused-ring (bicyclic) bond motifs is 1. The maximum Gasteiger partial charge on any atom is 0.226 e. The van der Waals surface area contributed by atoms with Gasteiger partial charge in [0.15, 0.2) is 5.65 Å². The molecule has 0 saturated carbocycles. The van der Waals surface area contributed by atoms with E-state index in [4.69, 9.17) is 16.1 Å². The molecule has 7 nitrogen and oxygen atoms in total. The molecule has 0 aromatic carbocycles. The number of aromatic nitrogens is 5. The lowest BCUT2D eigenvalue weighted by atomic mass is 10.1. The highest BCUT2D eigenvalue weighted by Gasteiger charge is 2.18. The number of nitrogens with one attached hydrogen (secondary N) is 2. The monoisotopic (exact) mass is 292 g/mol. The molecule has 0 aliphatic rings. The molecule has 3 rings (SSSR count). The van der Waals surface area contributed by atoms with Crippen molar-refractivity contribution >= 4 is 28.5 Å². The summed E-state index contributed by atoms with van der Waals surface area (Å²) in [6.45, 7) is 5.80. The predicted octanol–water partition coefficient (Wildman–Crippen LogP) is 2.78. The van der Waals surface area contributed by atoms with Crippen molar-refractivity contribution < 1.29 is 4.52 Å². The number of H-pyrrole nitrogens is 1. The molecule has 20 heavy (non-hydrogen) atoms. The number of aromatic amines is 1. The van der Waals surface area contributed by atoms with Crippen molar-refractivity contribution in [2.24, 2.45) is 0 Å². The quantitative estimate of drug-likeness (QED) is 0.721. The Balaban J connectivity index is 1.99. The zero-order chi connectivity index (χ0) is 14.3. The highest BCUT2D eigenvalue weighted by molar-refractivity contribution is 6.28. The van der Waals surface area contributed by atoms with Gasteiger partial charge >= 0.3 is 0 Å². The van der Waals surface area contributed by atoms with Crippen molar-refractivity contribution in [1.82, 2.24) is 25.3 Å². The second kappa shape index (κ2) is 4.75. The van der Waals surface area contributed by atoms with Gasteiger partial charge in [0.05, 0.1) is 23.3 Å². The van der Waals surface area contributed by atoms with Gasteiger partial charge in [0, 0.05) is 5.56 Å². The molecule has 0 bridgehead atoms. The van der Waals surface area contributed by atoms with Gasteiger partial charge in [-0.15, -0.1) is 0 Å². The number of rotatable bonds is 3. The molecule has 1 atom stereocenters. The Morgan fingerprint density at radius 3 is 2.85 bits per heavy atom. The zero-order valence-corrected chi connectivity index (χ0v) is 12.0. The molecule has 0 aliphatic heterocycles. The second-order valence-corrected chi connectivity index (χ2v) is 4.92. The number of nitrogens with zero attached hydrogens (tertiary/aromatic N) is 4. The van der Waals surface area contributed by atoms with Gasteiger partial charge in [-0.1, -0.05) is 5.16 Å². The average Bonchev–Trinajstić information content (AvgIpc) is 2.96. The van der Waals surface area contributed by atoms with Crippen molar-refractivity contribution in [2.75, 3.05) is 5.32 Å². The minimum atomic E-state index is -0.0229. The molecule has 0 saturated heterocycles. The Morgan fingerprint density at radius 1 is 1.35 bits per heavy atom. The van der Waals surface area contributed by atoms with E-state index in [1.165, 1.54) is 0 Å². The van der Waals surface area contributed by atoms with Crippen LogP contribution < -0.4 is 5.32 Å². The van der Waals surface area contributed by atoms with Crippen LogP contribution in [-0.2, 0) is 0 Å². The molecule has 0 spiro atoms. The number of aryl methyl sites for hydroxylation is 2. The van der Waals surface area contributed by atoms with E-state index in [1.807, 2.05) is 20.8 Å². The van der Waals surface area contributed by atoms with E-state index in [9.17, 15) is 0 Å². The molecule has 104 valence electrons. The summed E-state index contributed by atoms with van der Waals surface area (Å²) in [4.78, 5) is 8.28. The van der Waals surface area contributed by atoms with E-state index in [2.05, 4.69) is 30.6 Å². The molecule has 3 aromatic heterocycles. The molecule has 2 N–H and O–H groups in total. The van der Waals surface area contributed by atoms with Crippen LogP contribution in [-0.4, -0.2) is 25.3 Å². The fourth-order valence-electron chi connectivity index (χ4n) is 2.30. The largest absolute Gasteiger partial charge is 0.363 e. The van der Waals surface area contributed by atoms with Crippen LogP contribution in [0.3, 0.4) is 0 Å². The predicted molar refractivity (Wildman–Crippen MR) is 74.7 cm³/mol. The summed E-state index contributed by atoms with van der Waals surface area (Å²) >= 11 is 5.91. The van der Waals surface area contributed by atoms with Crippen LogP contribution in [0.5, 0.6) is 0 Å². The fraction of sp³-hybridized carbons (Fsp3) is 0.333. The smallest absolute Gasteiger partial charge is 0.226 e. The Labute approximate surface area is 119 Å². The zero-order valence-electron chi connectivity index (χ0n) is 11.2. The summed E-state index contributed by atoms with van der Waals surface area (Å²) < 4.78 is 5.18. The molecule has 3 heterocycles. The first-order chi connectivity index (χ1) is 9.56. The highest BCUT2D eigenvalue weighted by Crippen LogP contribution is 2.27. The van der Waals surface area contributed by atoms with Gasteiger partial charge in [0.2, 0.25) is 5.28 Å². The summed E-state index contributed by atoms with van der Waals surface area (Å²) in [6, 6.07) is -0.0229. The number of halogens is 1. The van der Waals surface area contributed by atoms with Crippen LogP contribution in [0.15, 0.2) is 10.7 Å². The Hall–Kier alpha value is -2.15. The van der Waals surface area contributed by atoms with Crippen LogP contribution in [0.25, 0.3) is 11.0 Å². The number of anilines is 1. The van der Waals surface area contributed by atoms with Crippen molar-refractivity contribution in [3.63, 3.8) is 0 Å². The minimum absolute atomic E-state index is 0.0229. The Bertz CT molecular complexity index is 745. The molecular formula is C12H13ClN6O. The SMILES string of the molecule is Cc1noc(C)c1C(C)Nc1nc(Cl)nc2[nH]ncc12. The van der Waals surface area contributed by atoms with Crippen molar-refractivity contribution in [3.8, 4) is 0 Å². The first kappa shape index (κ1) is 12.9. The van der Waals surface area contributed by atoms with Crippen LogP contribution in [0.2, 0.25) is 5.28 Å². The standard InChI is InChI=1S/C12H13ClN6O/c1-5(9-6(2)19-20-7(9)3)15-10-8-4-14-18-11(8)17-12(13)16-10/h4-5H,1-3H3,(H2,14,15,16,17,18). The summed E-state index contributed by atoms with van der Waals surface area (Å²) in [5.74, 6) is 1.41. The van der Waals surface area contributed by atoms with Crippen LogP contribution in [0.4, 0.5) is 5.82 Å². The average molecular weight is 293 g/mol. The second-order valence-electron chi connectivity index (χ2n) is 4.58. The van der Waals surface area contributed by atoms with Crippen molar-refractivity contribution in [1.29, 1.82) is 0 Å². The lowest BCUT2D eigenvalue weighted by molar-refractivity contribution is 0.392. The van der Waals surface area contributed by atoms with E-state index < -0.39 is 0 Å². The molecule has 0 fully saturated rings. The van der Waals surface area contributed by atoms with Gasteiger partial charge in [-0.2, -0.15) is 15.1 Å². The molecule has 3 aromatic rings. The van der Waals surface area contributed by atoms with Crippen molar-refractivity contribution in [3.05, 3.63) is 28.5 Å². The highest BCUT2D eigenvalue weighted by atomic mass is 35.5. The first-order valence-electron chi connectivity index (χ1n) is 6.12. The molecule has 0 amide bonds. The third-order valence-electron chi connectivity index (χ3n) is 3.16. The lowest BCUT2D eigenvalue weighted by Gasteiger charge is -2.14. The van der Waals surface area contributed by atoms with Crippen LogP contribution in [0, 0.1) is 13.8 Å². The molecule has 1 unspecified atom stereocenters. The maximum atomic E-state index is 5.91. The summed E-state index contributed by atoms with van der Waals surface area (Å²) in [5, 5.41) is 14.9. The van der Waals surface area contributed by atoms with Crippen LogP contribution in [0.1, 0.15) is 30.0 Å². The normalized spacial score (nSPS) is 12.8. The fourth-order valence-corrected chi connectivity index (χ4v) is 2.47. The lowest BCUT2D eigenvalue weighted by Crippen LogP contribution is -2.10. The molecule has 8 heteroatoms. The van der Waals surface area contributed by atoms with Gasteiger partial charge in [-0.05, 0) is 32.4 Å². The first-order valence-corrected chi connectivity index (χ1v) is 6.50. The third kappa shape index (κ3) is 2.09. The van der Waals surface area contributed by atoms with Gasteiger partial charge in [-0.25, -0.2) is 0 Å². The van der Waals surface area contributed by atoms with Crippen LogP contribution >= 0.6 is 11.6 Å². The van der Waals surface area contributed by atoms with Gasteiger partial charge in [-0.3, -0.25) is 5.10 Å². The molecular weight excluding hydrogens is 280 g/mol. The van der Waals surface area contributed by atoms with E-state index in [1.54, 1.807) is 6.20 Å². The van der Waals surface area contributed by atoms with E-state index >= 15 is 0 Å². The van der Waals surface area contributed by atoms with Gasteiger partial charge in [0.1, 0.15) is 11.6 Å². The van der Waals surface area contributed by atoms with Gasteiger partial charge < -0.3 is 9.84 Å².